The van der Waals surface area contributed by atoms with E-state index >= 15 is 0 Å². The van der Waals surface area contributed by atoms with Crippen LogP contribution in [-0.2, 0) is 11.2 Å². The number of nitrogens with zero attached hydrogens (tertiary/aromatic N) is 3. The molecule has 3 aliphatic heterocycles. The number of fused-ring (bicyclic) bond motifs is 1. The molecule has 0 spiro atoms. The SMILES string of the molecule is O=C1c2cccc(N3CCN(CCCc4ccccc4)CC3)c2C(=O)N1CC1CCCO1. The number of hydrogen-bond donors (Lipinski definition) is 0. The lowest BCUT2D eigenvalue weighted by Crippen LogP contribution is -2.47. The first-order valence-electron chi connectivity index (χ1n) is 11.8. The first kappa shape index (κ1) is 21.2. The van der Waals surface area contributed by atoms with Gasteiger partial charge in [-0.2, -0.15) is 0 Å². The van der Waals surface area contributed by atoms with Crippen molar-refractivity contribution in [2.45, 2.75) is 31.8 Å². The Balaban J connectivity index is 1.20. The Kier molecular flexibility index (Phi) is 6.23. The fraction of sp³-hybridized carbons (Fsp3) is 0.462. The largest absolute Gasteiger partial charge is 0.376 e. The van der Waals surface area contributed by atoms with Crippen molar-refractivity contribution in [3.63, 3.8) is 0 Å². The van der Waals surface area contributed by atoms with Crippen molar-refractivity contribution in [1.29, 1.82) is 0 Å². The number of carbonyl (C=O) groups is 2. The molecular weight excluding hydrogens is 402 g/mol. The molecule has 2 fully saturated rings. The predicted octanol–water partition coefficient (Wildman–Crippen LogP) is 3.22. The van der Waals surface area contributed by atoms with Gasteiger partial charge in [0.15, 0.2) is 0 Å². The van der Waals surface area contributed by atoms with E-state index in [9.17, 15) is 9.59 Å². The number of hydrogen-bond acceptors (Lipinski definition) is 5. The summed E-state index contributed by atoms with van der Waals surface area (Å²) in [5.74, 6) is -0.344. The summed E-state index contributed by atoms with van der Waals surface area (Å²) in [6.45, 7) is 5.85. The molecule has 0 bridgehead atoms. The highest BCUT2D eigenvalue weighted by Gasteiger charge is 2.40. The van der Waals surface area contributed by atoms with Gasteiger partial charge in [0.25, 0.3) is 11.8 Å². The molecule has 1 unspecified atom stereocenters. The number of rotatable bonds is 7. The Morgan fingerprint density at radius 1 is 0.906 bits per heavy atom. The van der Waals surface area contributed by atoms with Crippen molar-refractivity contribution < 1.29 is 14.3 Å². The summed E-state index contributed by atoms with van der Waals surface area (Å²) in [7, 11) is 0. The van der Waals surface area contributed by atoms with Gasteiger partial charge in [-0.3, -0.25) is 19.4 Å². The average molecular weight is 434 g/mol. The van der Waals surface area contributed by atoms with E-state index in [-0.39, 0.29) is 17.9 Å². The van der Waals surface area contributed by atoms with Crippen LogP contribution in [0, 0.1) is 0 Å². The van der Waals surface area contributed by atoms with E-state index in [2.05, 4.69) is 40.1 Å². The minimum absolute atomic E-state index is 0.0277. The normalized spacial score (nSPS) is 21.4. The molecule has 168 valence electrons. The lowest BCUT2D eigenvalue weighted by Gasteiger charge is -2.36. The van der Waals surface area contributed by atoms with Crippen molar-refractivity contribution in [3.05, 3.63) is 65.2 Å². The number of anilines is 1. The monoisotopic (exact) mass is 433 g/mol. The van der Waals surface area contributed by atoms with Crippen molar-refractivity contribution in [2.75, 3.05) is 50.8 Å². The number of amides is 2. The van der Waals surface area contributed by atoms with E-state index < -0.39 is 0 Å². The van der Waals surface area contributed by atoms with Crippen molar-refractivity contribution in [1.82, 2.24) is 9.80 Å². The maximum absolute atomic E-state index is 13.2. The molecule has 3 aliphatic rings. The second kappa shape index (κ2) is 9.43. The lowest BCUT2D eigenvalue weighted by molar-refractivity contribution is 0.0475. The molecular formula is C26H31N3O3. The maximum atomic E-state index is 13.2. The zero-order chi connectivity index (χ0) is 21.9. The summed E-state index contributed by atoms with van der Waals surface area (Å²) in [5.41, 5.74) is 3.41. The van der Waals surface area contributed by atoms with Crippen LogP contribution in [0.5, 0.6) is 0 Å². The zero-order valence-electron chi connectivity index (χ0n) is 18.5. The Morgan fingerprint density at radius 3 is 2.47 bits per heavy atom. The highest BCUT2D eigenvalue weighted by molar-refractivity contribution is 6.23. The molecule has 3 heterocycles. The molecule has 0 saturated carbocycles. The van der Waals surface area contributed by atoms with E-state index in [0.717, 1.165) is 64.1 Å². The highest BCUT2D eigenvalue weighted by Crippen LogP contribution is 2.33. The molecule has 0 radical (unpaired) electrons. The Hall–Kier alpha value is -2.70. The molecule has 2 amide bonds. The topological polar surface area (TPSA) is 53.1 Å². The Bertz CT molecular complexity index is 964. The van der Waals surface area contributed by atoms with Gasteiger partial charge < -0.3 is 9.64 Å². The minimum atomic E-state index is -0.179. The quantitative estimate of drug-likeness (QED) is 0.628. The molecule has 2 aromatic carbocycles. The minimum Gasteiger partial charge on any atom is -0.376 e. The molecule has 1 atom stereocenters. The van der Waals surface area contributed by atoms with Crippen LogP contribution in [0.2, 0.25) is 0 Å². The summed E-state index contributed by atoms with van der Waals surface area (Å²) >= 11 is 0. The van der Waals surface area contributed by atoms with Gasteiger partial charge in [0.05, 0.1) is 29.5 Å². The van der Waals surface area contributed by atoms with Crippen molar-refractivity contribution in [3.8, 4) is 0 Å². The number of aryl methyl sites for hydroxylation is 1. The van der Waals surface area contributed by atoms with Gasteiger partial charge in [-0.05, 0) is 49.9 Å². The van der Waals surface area contributed by atoms with Crippen LogP contribution in [0.25, 0.3) is 0 Å². The molecule has 2 saturated heterocycles. The zero-order valence-corrected chi connectivity index (χ0v) is 18.5. The molecule has 0 aromatic heterocycles. The Labute approximate surface area is 189 Å². The average Bonchev–Trinajstić information content (AvgIpc) is 3.43. The summed E-state index contributed by atoms with van der Waals surface area (Å²) in [6, 6.07) is 16.3. The molecule has 5 rings (SSSR count). The third kappa shape index (κ3) is 4.30. The first-order valence-corrected chi connectivity index (χ1v) is 11.8. The predicted molar refractivity (Wildman–Crippen MR) is 124 cm³/mol. The number of ether oxygens (including phenoxy) is 1. The van der Waals surface area contributed by atoms with Crippen LogP contribution < -0.4 is 4.90 Å². The number of piperazine rings is 1. The fourth-order valence-electron chi connectivity index (χ4n) is 5.10. The van der Waals surface area contributed by atoms with E-state index in [1.54, 1.807) is 6.07 Å². The maximum Gasteiger partial charge on any atom is 0.263 e. The third-order valence-corrected chi connectivity index (χ3v) is 6.88. The molecule has 6 nitrogen and oxygen atoms in total. The number of carbonyl (C=O) groups excluding carboxylic acids is 2. The van der Waals surface area contributed by atoms with E-state index in [1.165, 1.54) is 10.5 Å². The molecule has 0 aliphatic carbocycles. The number of benzene rings is 2. The van der Waals surface area contributed by atoms with Gasteiger partial charge in [0.1, 0.15) is 0 Å². The second-order valence-corrected chi connectivity index (χ2v) is 8.97. The highest BCUT2D eigenvalue weighted by atomic mass is 16.5. The van der Waals surface area contributed by atoms with E-state index in [4.69, 9.17) is 4.74 Å². The van der Waals surface area contributed by atoms with Gasteiger partial charge in [0, 0.05) is 32.8 Å². The van der Waals surface area contributed by atoms with Crippen LogP contribution in [0.15, 0.2) is 48.5 Å². The summed E-state index contributed by atoms with van der Waals surface area (Å²) in [4.78, 5) is 32.3. The van der Waals surface area contributed by atoms with Crippen LogP contribution in [0.3, 0.4) is 0 Å². The summed E-state index contributed by atoms with van der Waals surface area (Å²) in [6.07, 6.45) is 4.13. The molecule has 32 heavy (non-hydrogen) atoms. The number of imide groups is 1. The first-order chi connectivity index (χ1) is 15.7. The van der Waals surface area contributed by atoms with Crippen LogP contribution in [0.1, 0.15) is 45.5 Å². The second-order valence-electron chi connectivity index (χ2n) is 8.97. The van der Waals surface area contributed by atoms with Gasteiger partial charge in [-0.25, -0.2) is 0 Å². The van der Waals surface area contributed by atoms with Crippen LogP contribution in [0.4, 0.5) is 5.69 Å². The molecule has 2 aromatic rings. The molecule has 0 N–H and O–H groups in total. The smallest absolute Gasteiger partial charge is 0.263 e. The summed E-state index contributed by atoms with van der Waals surface area (Å²) < 4.78 is 5.67. The van der Waals surface area contributed by atoms with E-state index in [1.807, 2.05) is 12.1 Å². The molecule has 6 heteroatoms. The van der Waals surface area contributed by atoms with Gasteiger partial charge in [0.2, 0.25) is 0 Å². The fourth-order valence-corrected chi connectivity index (χ4v) is 5.10. The van der Waals surface area contributed by atoms with Gasteiger partial charge in [-0.15, -0.1) is 0 Å². The van der Waals surface area contributed by atoms with Crippen LogP contribution in [-0.4, -0.2) is 73.6 Å². The van der Waals surface area contributed by atoms with Crippen molar-refractivity contribution >= 4 is 17.5 Å². The van der Waals surface area contributed by atoms with Crippen LogP contribution >= 0.6 is 0 Å². The van der Waals surface area contributed by atoms with E-state index in [0.29, 0.717) is 24.3 Å². The van der Waals surface area contributed by atoms with Crippen molar-refractivity contribution in [2.24, 2.45) is 0 Å². The van der Waals surface area contributed by atoms with Gasteiger partial charge in [-0.1, -0.05) is 36.4 Å². The standard InChI is InChI=1S/C26H31N3O3/c30-25-22-11-4-12-23(24(22)26(31)29(25)19-21-10-6-18-32-21)28-16-14-27(15-17-28)13-5-9-20-7-2-1-3-8-20/h1-4,7-8,11-12,21H,5-6,9-10,13-19H2. The summed E-state index contributed by atoms with van der Waals surface area (Å²) in [5, 5.41) is 0. The third-order valence-electron chi connectivity index (χ3n) is 6.88. The lowest BCUT2D eigenvalue weighted by atomic mass is 10.1. The van der Waals surface area contributed by atoms with Gasteiger partial charge >= 0.3 is 0 Å². The Morgan fingerprint density at radius 2 is 1.72 bits per heavy atom.